The zero-order valence-corrected chi connectivity index (χ0v) is 17.6. The van der Waals surface area contributed by atoms with Crippen molar-refractivity contribution in [3.8, 4) is 0 Å². The number of hydrogen-bond acceptors (Lipinski definition) is 4. The summed E-state index contributed by atoms with van der Waals surface area (Å²) in [6, 6.07) is 4.65. The number of thiocarbonyl (C=S) groups is 1. The highest BCUT2D eigenvalue weighted by molar-refractivity contribution is 8.22. The molecule has 26 heavy (non-hydrogen) atoms. The smallest absolute Gasteiger partial charge is 0.298 e. The summed E-state index contributed by atoms with van der Waals surface area (Å²) in [6.07, 6.45) is 11.6. The Morgan fingerprint density at radius 1 is 1.19 bits per heavy atom. The maximum absolute atomic E-state index is 6.37. The van der Waals surface area contributed by atoms with Gasteiger partial charge in [0.2, 0.25) is 0 Å². The molecule has 2 aliphatic carbocycles. The lowest BCUT2D eigenvalue weighted by atomic mass is 9.74. The van der Waals surface area contributed by atoms with Crippen molar-refractivity contribution in [3.05, 3.63) is 28.3 Å². The Morgan fingerprint density at radius 2 is 1.96 bits per heavy atom. The van der Waals surface area contributed by atoms with Crippen molar-refractivity contribution in [2.24, 2.45) is 10.4 Å². The fourth-order valence-electron chi connectivity index (χ4n) is 4.54. The molecule has 1 spiro atoms. The first-order valence-electron chi connectivity index (χ1n) is 9.49. The van der Waals surface area contributed by atoms with Crippen LogP contribution in [0.25, 0.3) is 0 Å². The molecule has 1 heterocycles. The van der Waals surface area contributed by atoms with Gasteiger partial charge in [0.15, 0.2) is 0 Å². The van der Waals surface area contributed by atoms with Crippen LogP contribution in [0.2, 0.25) is 5.02 Å². The standard InChI is InChI=1S/C20H25ClN2OS2/c1-26-19(25)23-12-20(10-3-2-4-11-20)13-24-18(23)22-17-9-8-16(21)14-6-5-7-15(14)17/h8-9H,2-7,10-13H2,1H3. The number of nitrogens with zero attached hydrogens (tertiary/aromatic N) is 2. The highest BCUT2D eigenvalue weighted by Gasteiger charge is 2.41. The van der Waals surface area contributed by atoms with Crippen molar-refractivity contribution < 1.29 is 4.74 Å². The predicted molar refractivity (Wildman–Crippen MR) is 115 cm³/mol. The van der Waals surface area contributed by atoms with Gasteiger partial charge in [-0.1, -0.05) is 54.8 Å². The van der Waals surface area contributed by atoms with Crippen molar-refractivity contribution in [2.45, 2.75) is 51.4 Å². The number of rotatable bonds is 1. The van der Waals surface area contributed by atoms with Crippen molar-refractivity contribution in [3.63, 3.8) is 0 Å². The molecule has 0 aromatic heterocycles. The van der Waals surface area contributed by atoms with Gasteiger partial charge in [0.1, 0.15) is 4.32 Å². The average Bonchev–Trinajstić information content (AvgIpc) is 3.16. The first kappa shape index (κ1) is 18.6. The van der Waals surface area contributed by atoms with Crippen LogP contribution >= 0.6 is 35.6 Å². The molecular formula is C20H25ClN2OS2. The van der Waals surface area contributed by atoms with E-state index in [1.54, 1.807) is 11.8 Å². The number of fused-ring (bicyclic) bond motifs is 1. The second-order valence-electron chi connectivity index (χ2n) is 7.68. The van der Waals surface area contributed by atoms with Gasteiger partial charge in [0, 0.05) is 17.0 Å². The van der Waals surface area contributed by atoms with Gasteiger partial charge < -0.3 is 4.74 Å². The van der Waals surface area contributed by atoms with Crippen LogP contribution in [0.3, 0.4) is 0 Å². The van der Waals surface area contributed by atoms with Crippen LogP contribution in [-0.2, 0) is 17.6 Å². The minimum absolute atomic E-state index is 0.235. The lowest BCUT2D eigenvalue weighted by Gasteiger charge is -2.45. The van der Waals surface area contributed by atoms with Gasteiger partial charge in [0.05, 0.1) is 12.3 Å². The fraction of sp³-hybridized carbons (Fsp3) is 0.600. The molecule has 3 aliphatic rings. The second-order valence-corrected chi connectivity index (χ2v) is 9.52. The summed E-state index contributed by atoms with van der Waals surface area (Å²) in [7, 11) is 0. The van der Waals surface area contributed by atoms with Crippen LogP contribution in [0, 0.1) is 5.41 Å². The van der Waals surface area contributed by atoms with E-state index in [4.69, 9.17) is 33.5 Å². The number of amidine groups is 1. The molecule has 0 amide bonds. The normalized spacial score (nSPS) is 23.2. The number of thioether (sulfide) groups is 1. The third-order valence-corrected chi connectivity index (χ3v) is 7.60. The van der Waals surface area contributed by atoms with Crippen molar-refractivity contribution in [2.75, 3.05) is 19.4 Å². The maximum Gasteiger partial charge on any atom is 0.298 e. The summed E-state index contributed by atoms with van der Waals surface area (Å²) >= 11 is 13.6. The summed E-state index contributed by atoms with van der Waals surface area (Å²) in [5.74, 6) is 0. The van der Waals surface area contributed by atoms with E-state index in [1.807, 2.05) is 18.4 Å². The SMILES string of the molecule is CSC(=S)N1CC2(CCCCC2)COC1=Nc1ccc(Cl)c2c1CCC2. The van der Waals surface area contributed by atoms with Gasteiger partial charge in [0.25, 0.3) is 6.02 Å². The number of hydrogen-bond donors (Lipinski definition) is 0. The first-order valence-corrected chi connectivity index (χ1v) is 11.5. The van der Waals surface area contributed by atoms with Gasteiger partial charge in [-0.25, -0.2) is 0 Å². The lowest BCUT2D eigenvalue weighted by molar-refractivity contribution is 0.0347. The summed E-state index contributed by atoms with van der Waals surface area (Å²) in [4.78, 5) is 7.05. The molecule has 2 fully saturated rings. The molecule has 3 nitrogen and oxygen atoms in total. The molecule has 1 aromatic carbocycles. The van der Waals surface area contributed by atoms with Crippen molar-refractivity contribution in [1.82, 2.24) is 4.90 Å². The Kier molecular flexibility index (Phi) is 5.49. The first-order chi connectivity index (χ1) is 12.6. The van der Waals surface area contributed by atoms with Gasteiger partial charge in [-0.05, 0) is 61.6 Å². The maximum atomic E-state index is 6.37. The molecule has 0 N–H and O–H groups in total. The van der Waals surface area contributed by atoms with E-state index in [0.717, 1.165) is 47.4 Å². The predicted octanol–water partition coefficient (Wildman–Crippen LogP) is 5.75. The Labute approximate surface area is 170 Å². The number of aliphatic imine (C=N–C) groups is 1. The molecule has 0 radical (unpaired) electrons. The van der Waals surface area contributed by atoms with E-state index in [2.05, 4.69) is 4.90 Å². The summed E-state index contributed by atoms with van der Waals surface area (Å²) in [6.45, 7) is 1.69. The van der Waals surface area contributed by atoms with Crippen LogP contribution in [0.15, 0.2) is 17.1 Å². The highest BCUT2D eigenvalue weighted by Crippen LogP contribution is 2.41. The molecule has 1 saturated carbocycles. The topological polar surface area (TPSA) is 24.8 Å². The van der Waals surface area contributed by atoms with Crippen LogP contribution in [0.1, 0.15) is 49.7 Å². The van der Waals surface area contributed by atoms with Crippen molar-refractivity contribution >= 4 is 51.6 Å². The number of ether oxygens (including phenoxy) is 1. The Bertz CT molecular complexity index is 744. The summed E-state index contributed by atoms with van der Waals surface area (Å²) in [5, 5.41) is 0.865. The molecule has 1 aromatic rings. The van der Waals surface area contributed by atoms with E-state index >= 15 is 0 Å². The summed E-state index contributed by atoms with van der Waals surface area (Å²) in [5.41, 5.74) is 3.76. The van der Waals surface area contributed by atoms with E-state index in [1.165, 1.54) is 43.2 Å². The lowest BCUT2D eigenvalue weighted by Crippen LogP contribution is -2.52. The van der Waals surface area contributed by atoms with Crippen molar-refractivity contribution in [1.29, 1.82) is 0 Å². The van der Waals surface area contributed by atoms with E-state index in [0.29, 0.717) is 6.02 Å². The van der Waals surface area contributed by atoms with Gasteiger partial charge >= 0.3 is 0 Å². The van der Waals surface area contributed by atoms with Gasteiger partial charge in [-0.3, -0.25) is 4.90 Å². The third-order valence-electron chi connectivity index (χ3n) is 5.96. The Morgan fingerprint density at radius 3 is 2.73 bits per heavy atom. The Hall–Kier alpha value is -0.780. The van der Waals surface area contributed by atoms with Gasteiger partial charge in [-0.15, -0.1) is 0 Å². The highest BCUT2D eigenvalue weighted by atomic mass is 35.5. The zero-order chi connectivity index (χ0) is 18.1. The molecule has 6 heteroatoms. The number of benzene rings is 1. The minimum atomic E-state index is 0.235. The van der Waals surface area contributed by atoms with E-state index in [-0.39, 0.29) is 5.41 Å². The van der Waals surface area contributed by atoms with Gasteiger partial charge in [-0.2, -0.15) is 4.99 Å². The molecule has 4 rings (SSSR count). The Balaban J connectivity index is 1.66. The largest absolute Gasteiger partial charge is 0.464 e. The van der Waals surface area contributed by atoms with Crippen LogP contribution in [0.5, 0.6) is 0 Å². The number of halogens is 1. The molecule has 140 valence electrons. The monoisotopic (exact) mass is 408 g/mol. The van der Waals surface area contributed by atoms with E-state index < -0.39 is 0 Å². The molecule has 1 aliphatic heterocycles. The van der Waals surface area contributed by atoms with E-state index in [9.17, 15) is 0 Å². The molecule has 0 bridgehead atoms. The minimum Gasteiger partial charge on any atom is -0.464 e. The average molecular weight is 409 g/mol. The summed E-state index contributed by atoms with van der Waals surface area (Å²) < 4.78 is 7.09. The second kappa shape index (κ2) is 7.69. The van der Waals surface area contributed by atoms with Crippen LogP contribution in [-0.4, -0.2) is 34.6 Å². The fourth-order valence-corrected chi connectivity index (χ4v) is 5.32. The third kappa shape index (κ3) is 3.50. The quantitative estimate of drug-likeness (QED) is 0.552. The molecule has 0 unspecified atom stereocenters. The molecule has 0 atom stereocenters. The zero-order valence-electron chi connectivity index (χ0n) is 15.2. The van der Waals surface area contributed by atoms with Crippen LogP contribution < -0.4 is 0 Å². The molecule has 1 saturated heterocycles. The van der Waals surface area contributed by atoms with Crippen LogP contribution in [0.4, 0.5) is 5.69 Å². The molecular weight excluding hydrogens is 384 g/mol.